The van der Waals surface area contributed by atoms with Crippen molar-refractivity contribution >= 4 is 5.69 Å². The van der Waals surface area contributed by atoms with Gasteiger partial charge in [-0.3, -0.25) is 10.1 Å². The first-order valence-corrected chi connectivity index (χ1v) is 4.09. The van der Waals surface area contributed by atoms with Gasteiger partial charge in [0, 0.05) is 11.6 Å². The maximum absolute atomic E-state index is 12.6. The molecular formula is C9H10FNO4. The normalized spacial score (nSPS) is 9.80. The number of halogens is 1. The molecule has 0 aliphatic rings. The van der Waals surface area contributed by atoms with Crippen molar-refractivity contribution in [3.05, 3.63) is 27.8 Å². The van der Waals surface area contributed by atoms with E-state index in [1.54, 1.807) is 0 Å². The third kappa shape index (κ3) is 2.15. The highest BCUT2D eigenvalue weighted by Gasteiger charge is 2.17. The molecule has 15 heavy (non-hydrogen) atoms. The van der Waals surface area contributed by atoms with Gasteiger partial charge in [0.1, 0.15) is 6.67 Å². The van der Waals surface area contributed by atoms with Crippen LogP contribution in [0, 0.1) is 10.1 Å². The third-order valence-electron chi connectivity index (χ3n) is 1.90. The molecule has 0 unspecified atom stereocenters. The summed E-state index contributed by atoms with van der Waals surface area (Å²) in [7, 11) is 2.69. The maximum atomic E-state index is 12.6. The molecule has 6 heteroatoms. The van der Waals surface area contributed by atoms with Crippen molar-refractivity contribution in [3.8, 4) is 11.5 Å². The van der Waals surface area contributed by atoms with E-state index in [2.05, 4.69) is 0 Å². The zero-order valence-electron chi connectivity index (χ0n) is 8.32. The van der Waals surface area contributed by atoms with Crippen molar-refractivity contribution in [2.24, 2.45) is 0 Å². The zero-order chi connectivity index (χ0) is 11.4. The second-order valence-corrected chi connectivity index (χ2v) is 2.73. The molecule has 82 valence electrons. The molecule has 0 saturated carbocycles. The summed E-state index contributed by atoms with van der Waals surface area (Å²) in [6.07, 6.45) is 0. The van der Waals surface area contributed by atoms with Gasteiger partial charge in [0.05, 0.1) is 25.2 Å². The number of nitro benzene ring substituents is 1. The fourth-order valence-electron chi connectivity index (χ4n) is 1.23. The molecule has 0 spiro atoms. The number of hydrogen-bond acceptors (Lipinski definition) is 4. The van der Waals surface area contributed by atoms with Crippen LogP contribution in [-0.4, -0.2) is 19.1 Å². The average Bonchev–Trinajstić information content (AvgIpc) is 2.26. The summed E-state index contributed by atoms with van der Waals surface area (Å²) in [5, 5.41) is 10.5. The summed E-state index contributed by atoms with van der Waals surface area (Å²) in [6.45, 7) is -0.846. The molecule has 5 nitrogen and oxygen atoms in total. The summed E-state index contributed by atoms with van der Waals surface area (Å²) in [5.74, 6) is 0.338. The van der Waals surface area contributed by atoms with E-state index in [9.17, 15) is 14.5 Å². The van der Waals surface area contributed by atoms with Crippen LogP contribution in [-0.2, 0) is 6.67 Å². The molecule has 0 aromatic heterocycles. The second kappa shape index (κ2) is 4.59. The van der Waals surface area contributed by atoms with Gasteiger partial charge >= 0.3 is 0 Å². The second-order valence-electron chi connectivity index (χ2n) is 2.73. The average molecular weight is 215 g/mol. The van der Waals surface area contributed by atoms with E-state index in [0.717, 1.165) is 6.07 Å². The fourth-order valence-corrected chi connectivity index (χ4v) is 1.23. The molecule has 1 aromatic carbocycles. The van der Waals surface area contributed by atoms with Crippen LogP contribution in [0.3, 0.4) is 0 Å². The number of methoxy groups -OCH3 is 2. The fraction of sp³-hybridized carbons (Fsp3) is 0.333. The number of alkyl halides is 1. The molecule has 0 amide bonds. The highest BCUT2D eigenvalue weighted by molar-refractivity contribution is 5.54. The molecule has 0 bridgehead atoms. The van der Waals surface area contributed by atoms with Crippen LogP contribution in [0.15, 0.2) is 12.1 Å². The molecule has 0 aliphatic heterocycles. The Bertz CT molecular complexity index is 355. The van der Waals surface area contributed by atoms with E-state index in [0.29, 0.717) is 0 Å². The molecule has 0 aliphatic carbocycles. The summed E-state index contributed by atoms with van der Waals surface area (Å²) < 4.78 is 22.4. The minimum Gasteiger partial charge on any atom is -0.493 e. The summed E-state index contributed by atoms with van der Waals surface area (Å²) in [4.78, 5) is 9.91. The molecule has 0 fully saturated rings. The van der Waals surface area contributed by atoms with Crippen LogP contribution >= 0.6 is 0 Å². The van der Waals surface area contributed by atoms with Gasteiger partial charge in [-0.2, -0.15) is 0 Å². The molecule has 0 heterocycles. The first-order valence-electron chi connectivity index (χ1n) is 4.09. The molecule has 1 rings (SSSR count). The molecule has 0 radical (unpaired) electrons. The van der Waals surface area contributed by atoms with Gasteiger partial charge in [0.15, 0.2) is 11.5 Å². The molecular weight excluding hydrogens is 205 g/mol. The highest BCUT2D eigenvalue weighted by atomic mass is 19.1. The highest BCUT2D eigenvalue weighted by Crippen LogP contribution is 2.35. The third-order valence-corrected chi connectivity index (χ3v) is 1.90. The number of nitrogens with zero attached hydrogens (tertiary/aromatic N) is 1. The Morgan fingerprint density at radius 2 is 2.07 bits per heavy atom. The number of benzene rings is 1. The van der Waals surface area contributed by atoms with Gasteiger partial charge in [0.2, 0.25) is 0 Å². The van der Waals surface area contributed by atoms with Crippen LogP contribution < -0.4 is 9.47 Å². The van der Waals surface area contributed by atoms with Crippen LogP contribution in [0.2, 0.25) is 0 Å². The van der Waals surface area contributed by atoms with Gasteiger partial charge in [-0.05, 0) is 0 Å². The SMILES string of the molecule is COc1cc([N+](=O)[O-])cc(CF)c1OC. The Hall–Kier alpha value is -1.85. The Kier molecular flexibility index (Phi) is 3.43. The number of hydrogen-bond donors (Lipinski definition) is 0. The van der Waals surface area contributed by atoms with Crippen LogP contribution in [0.25, 0.3) is 0 Å². The lowest BCUT2D eigenvalue weighted by atomic mass is 10.2. The smallest absolute Gasteiger partial charge is 0.273 e. The molecule has 0 N–H and O–H groups in total. The predicted octanol–water partition coefficient (Wildman–Crippen LogP) is 2.08. The van der Waals surface area contributed by atoms with Gasteiger partial charge < -0.3 is 9.47 Å². The van der Waals surface area contributed by atoms with Crippen molar-refractivity contribution in [2.45, 2.75) is 6.67 Å². The van der Waals surface area contributed by atoms with E-state index in [1.165, 1.54) is 20.3 Å². The molecule has 0 saturated heterocycles. The van der Waals surface area contributed by atoms with Gasteiger partial charge in [0.25, 0.3) is 5.69 Å². The molecule has 1 aromatic rings. The van der Waals surface area contributed by atoms with Crippen molar-refractivity contribution in [1.29, 1.82) is 0 Å². The first kappa shape index (κ1) is 11.2. The van der Waals surface area contributed by atoms with Crippen molar-refractivity contribution in [1.82, 2.24) is 0 Å². The van der Waals surface area contributed by atoms with Crippen LogP contribution in [0.1, 0.15) is 5.56 Å². The minimum absolute atomic E-state index is 0.101. The van der Waals surface area contributed by atoms with Crippen LogP contribution in [0.5, 0.6) is 11.5 Å². The number of rotatable bonds is 4. The Morgan fingerprint density at radius 1 is 1.40 bits per heavy atom. The quantitative estimate of drug-likeness (QED) is 0.569. The lowest BCUT2D eigenvalue weighted by Crippen LogP contribution is -1.97. The maximum Gasteiger partial charge on any atom is 0.273 e. The standard InChI is InChI=1S/C9H10FNO4/c1-14-8-4-7(11(12)13)3-6(5-10)9(8)15-2/h3-4H,5H2,1-2H3. The largest absolute Gasteiger partial charge is 0.493 e. The van der Waals surface area contributed by atoms with E-state index in [-0.39, 0.29) is 22.7 Å². The summed E-state index contributed by atoms with van der Waals surface area (Å²) in [6, 6.07) is 2.32. The van der Waals surface area contributed by atoms with E-state index < -0.39 is 11.6 Å². The molecule has 0 atom stereocenters. The van der Waals surface area contributed by atoms with Gasteiger partial charge in [-0.25, -0.2) is 4.39 Å². The number of ether oxygens (including phenoxy) is 2. The summed E-state index contributed by atoms with van der Waals surface area (Å²) >= 11 is 0. The van der Waals surface area contributed by atoms with Crippen molar-refractivity contribution < 1.29 is 18.8 Å². The predicted molar refractivity (Wildman–Crippen MR) is 51.0 cm³/mol. The summed E-state index contributed by atoms with van der Waals surface area (Å²) in [5.41, 5.74) is -0.121. The van der Waals surface area contributed by atoms with Gasteiger partial charge in [-0.1, -0.05) is 0 Å². The van der Waals surface area contributed by atoms with E-state index >= 15 is 0 Å². The zero-order valence-corrected chi connectivity index (χ0v) is 8.32. The lowest BCUT2D eigenvalue weighted by molar-refractivity contribution is -0.385. The Morgan fingerprint density at radius 3 is 2.47 bits per heavy atom. The van der Waals surface area contributed by atoms with E-state index in [4.69, 9.17) is 9.47 Å². The first-order chi connectivity index (χ1) is 7.13. The Labute approximate surface area is 85.6 Å². The van der Waals surface area contributed by atoms with E-state index in [1.807, 2.05) is 0 Å². The monoisotopic (exact) mass is 215 g/mol. The lowest BCUT2D eigenvalue weighted by Gasteiger charge is -2.10. The minimum atomic E-state index is -0.846. The van der Waals surface area contributed by atoms with Gasteiger partial charge in [-0.15, -0.1) is 0 Å². The van der Waals surface area contributed by atoms with Crippen molar-refractivity contribution in [3.63, 3.8) is 0 Å². The Balaban J connectivity index is 3.35. The number of nitro groups is 1. The topological polar surface area (TPSA) is 61.6 Å². The van der Waals surface area contributed by atoms with Crippen molar-refractivity contribution in [2.75, 3.05) is 14.2 Å². The number of non-ortho nitro benzene ring substituents is 1. The van der Waals surface area contributed by atoms with Crippen LogP contribution in [0.4, 0.5) is 10.1 Å².